The summed E-state index contributed by atoms with van der Waals surface area (Å²) in [6.45, 7) is 1.75. The normalized spacial score (nSPS) is 11.1. The Morgan fingerprint density at radius 2 is 2.06 bits per heavy atom. The first-order valence-corrected chi connectivity index (χ1v) is 6.54. The molecule has 0 radical (unpaired) electrons. The van der Waals surface area contributed by atoms with Crippen LogP contribution in [0.4, 0.5) is 0 Å². The van der Waals surface area contributed by atoms with Crippen LogP contribution in [0.2, 0.25) is 0 Å². The van der Waals surface area contributed by atoms with Gasteiger partial charge in [-0.2, -0.15) is 11.3 Å². The lowest BCUT2D eigenvalue weighted by Crippen LogP contribution is -2.11. The van der Waals surface area contributed by atoms with E-state index in [4.69, 9.17) is 4.42 Å². The van der Waals surface area contributed by atoms with Gasteiger partial charge in [-0.1, -0.05) is 18.2 Å². The zero-order valence-corrected chi connectivity index (χ0v) is 10.2. The molecule has 0 unspecified atom stereocenters. The first kappa shape index (κ1) is 10.6. The second-order valence-corrected chi connectivity index (χ2v) is 4.77. The van der Waals surface area contributed by atoms with E-state index in [2.05, 4.69) is 28.2 Å². The summed E-state index contributed by atoms with van der Waals surface area (Å²) in [7, 11) is 0. The van der Waals surface area contributed by atoms with Crippen molar-refractivity contribution in [3.8, 4) is 0 Å². The van der Waals surface area contributed by atoms with Gasteiger partial charge in [0.2, 0.25) is 0 Å². The Hall–Kier alpha value is -1.58. The van der Waals surface area contributed by atoms with E-state index in [-0.39, 0.29) is 0 Å². The molecule has 0 saturated carbocycles. The van der Waals surface area contributed by atoms with Gasteiger partial charge in [-0.05, 0) is 28.5 Å². The Morgan fingerprint density at radius 1 is 1.12 bits per heavy atom. The first-order chi connectivity index (χ1) is 8.43. The quantitative estimate of drug-likeness (QED) is 0.754. The summed E-state index contributed by atoms with van der Waals surface area (Å²) in [5.41, 5.74) is 3.51. The third kappa shape index (κ3) is 2.25. The van der Waals surface area contributed by atoms with Gasteiger partial charge in [-0.25, -0.2) is 0 Å². The number of rotatable bonds is 4. The summed E-state index contributed by atoms with van der Waals surface area (Å²) in [6.07, 6.45) is 1.84. The summed E-state index contributed by atoms with van der Waals surface area (Å²) in [5.74, 6) is 0. The molecule has 0 bridgehead atoms. The molecule has 0 fully saturated rings. The average Bonchev–Trinajstić information content (AvgIpc) is 2.99. The van der Waals surface area contributed by atoms with Crippen LogP contribution in [-0.2, 0) is 13.1 Å². The molecule has 17 heavy (non-hydrogen) atoms. The number of para-hydroxylation sites is 1. The molecule has 2 heterocycles. The maximum atomic E-state index is 5.50. The number of benzene rings is 1. The molecule has 1 aromatic carbocycles. The lowest BCUT2D eigenvalue weighted by Gasteiger charge is -2.01. The van der Waals surface area contributed by atoms with E-state index in [1.165, 1.54) is 16.5 Å². The number of nitrogens with one attached hydrogen (secondary N) is 1. The van der Waals surface area contributed by atoms with E-state index < -0.39 is 0 Å². The molecule has 3 aromatic rings. The minimum absolute atomic E-state index is 0.840. The van der Waals surface area contributed by atoms with Gasteiger partial charge in [0.25, 0.3) is 0 Å². The minimum atomic E-state index is 0.840. The van der Waals surface area contributed by atoms with Gasteiger partial charge in [-0.15, -0.1) is 0 Å². The standard InChI is InChI=1S/C14H13NOS/c1-2-4-14-13(3-1)12(9-16-14)8-15-7-11-5-6-17-10-11/h1-6,9-10,15H,7-8H2. The largest absolute Gasteiger partial charge is 0.464 e. The molecule has 0 aliphatic carbocycles. The number of fused-ring (bicyclic) bond motifs is 1. The molecule has 2 aromatic heterocycles. The van der Waals surface area contributed by atoms with Crippen LogP contribution in [0, 0.1) is 0 Å². The van der Waals surface area contributed by atoms with Crippen LogP contribution in [0.25, 0.3) is 11.0 Å². The fourth-order valence-corrected chi connectivity index (χ4v) is 2.57. The van der Waals surface area contributed by atoms with Crippen LogP contribution in [-0.4, -0.2) is 0 Å². The van der Waals surface area contributed by atoms with Crippen LogP contribution in [0.1, 0.15) is 11.1 Å². The minimum Gasteiger partial charge on any atom is -0.464 e. The summed E-state index contributed by atoms with van der Waals surface area (Å²) in [4.78, 5) is 0. The molecule has 2 nitrogen and oxygen atoms in total. The fourth-order valence-electron chi connectivity index (χ4n) is 1.90. The van der Waals surface area contributed by atoms with Crippen LogP contribution < -0.4 is 5.32 Å². The summed E-state index contributed by atoms with van der Waals surface area (Å²) >= 11 is 1.73. The molecule has 0 aliphatic rings. The third-order valence-corrected chi connectivity index (χ3v) is 3.52. The SMILES string of the molecule is c1ccc2c(CNCc3ccsc3)coc2c1. The van der Waals surface area contributed by atoms with Crippen LogP contribution in [0.15, 0.2) is 51.8 Å². The molecule has 0 spiro atoms. The highest BCUT2D eigenvalue weighted by atomic mass is 32.1. The molecule has 0 atom stereocenters. The van der Waals surface area contributed by atoms with Crippen molar-refractivity contribution in [2.45, 2.75) is 13.1 Å². The van der Waals surface area contributed by atoms with Gasteiger partial charge in [0.15, 0.2) is 0 Å². The molecule has 86 valence electrons. The highest BCUT2D eigenvalue weighted by molar-refractivity contribution is 7.07. The Kier molecular flexibility index (Phi) is 2.94. The predicted octanol–water partition coefficient (Wildman–Crippen LogP) is 3.78. The van der Waals surface area contributed by atoms with E-state index in [1.54, 1.807) is 11.3 Å². The van der Waals surface area contributed by atoms with Crippen molar-refractivity contribution >= 4 is 22.3 Å². The van der Waals surface area contributed by atoms with Gasteiger partial charge >= 0.3 is 0 Å². The Balaban J connectivity index is 1.69. The van der Waals surface area contributed by atoms with Crippen molar-refractivity contribution < 1.29 is 4.42 Å². The van der Waals surface area contributed by atoms with Crippen LogP contribution in [0.5, 0.6) is 0 Å². The maximum Gasteiger partial charge on any atom is 0.134 e. The van der Waals surface area contributed by atoms with Gasteiger partial charge in [-0.3, -0.25) is 0 Å². The zero-order valence-electron chi connectivity index (χ0n) is 9.35. The Morgan fingerprint density at radius 3 is 2.94 bits per heavy atom. The van der Waals surface area contributed by atoms with Crippen molar-refractivity contribution in [1.82, 2.24) is 5.32 Å². The maximum absolute atomic E-state index is 5.50. The average molecular weight is 243 g/mol. The Bertz CT molecular complexity index is 598. The van der Waals surface area contributed by atoms with Gasteiger partial charge < -0.3 is 9.73 Å². The van der Waals surface area contributed by atoms with Crippen LogP contribution in [0.3, 0.4) is 0 Å². The summed E-state index contributed by atoms with van der Waals surface area (Å²) in [6, 6.07) is 10.3. The fraction of sp³-hybridized carbons (Fsp3) is 0.143. The van der Waals surface area contributed by atoms with Crippen molar-refractivity contribution in [2.24, 2.45) is 0 Å². The smallest absolute Gasteiger partial charge is 0.134 e. The number of thiophene rings is 1. The zero-order chi connectivity index (χ0) is 11.5. The molecular weight excluding hydrogens is 230 g/mol. The van der Waals surface area contributed by atoms with Crippen molar-refractivity contribution in [2.75, 3.05) is 0 Å². The Labute approximate surface area is 104 Å². The van der Waals surface area contributed by atoms with E-state index in [1.807, 2.05) is 24.5 Å². The van der Waals surface area contributed by atoms with Gasteiger partial charge in [0, 0.05) is 24.0 Å². The van der Waals surface area contributed by atoms with Gasteiger partial charge in [0.1, 0.15) is 5.58 Å². The predicted molar refractivity (Wildman–Crippen MR) is 71.1 cm³/mol. The van der Waals surface area contributed by atoms with E-state index in [9.17, 15) is 0 Å². The van der Waals surface area contributed by atoms with Gasteiger partial charge in [0.05, 0.1) is 6.26 Å². The topological polar surface area (TPSA) is 25.2 Å². The van der Waals surface area contributed by atoms with Crippen molar-refractivity contribution in [3.63, 3.8) is 0 Å². The van der Waals surface area contributed by atoms with E-state index in [0.29, 0.717) is 0 Å². The molecule has 0 amide bonds. The molecule has 0 saturated heterocycles. The van der Waals surface area contributed by atoms with Crippen molar-refractivity contribution in [3.05, 3.63) is 58.5 Å². The van der Waals surface area contributed by atoms with Crippen LogP contribution >= 0.6 is 11.3 Å². The molecule has 3 rings (SSSR count). The molecule has 0 aliphatic heterocycles. The van der Waals surface area contributed by atoms with Crippen molar-refractivity contribution in [1.29, 1.82) is 0 Å². The van der Waals surface area contributed by atoms with E-state index >= 15 is 0 Å². The highest BCUT2D eigenvalue weighted by Gasteiger charge is 2.04. The molecule has 1 N–H and O–H groups in total. The summed E-state index contributed by atoms with van der Waals surface area (Å²) < 4.78 is 5.50. The third-order valence-electron chi connectivity index (χ3n) is 2.79. The lowest BCUT2D eigenvalue weighted by molar-refractivity contribution is 0.602. The molecule has 3 heteroatoms. The summed E-state index contributed by atoms with van der Waals surface area (Å²) in [5, 5.41) is 8.90. The molecular formula is C14H13NOS. The number of hydrogen-bond acceptors (Lipinski definition) is 3. The number of furan rings is 1. The first-order valence-electron chi connectivity index (χ1n) is 5.60. The van der Waals surface area contributed by atoms with E-state index in [0.717, 1.165) is 18.7 Å². The monoisotopic (exact) mass is 243 g/mol. The highest BCUT2D eigenvalue weighted by Crippen LogP contribution is 2.20. The lowest BCUT2D eigenvalue weighted by atomic mass is 10.2. The second-order valence-electron chi connectivity index (χ2n) is 3.99. The number of hydrogen-bond donors (Lipinski definition) is 1. The second kappa shape index (κ2) is 4.73.